The van der Waals surface area contributed by atoms with Crippen LogP contribution in [0.15, 0.2) is 59.7 Å². The average molecular weight is 311 g/mol. The second-order valence-corrected chi connectivity index (χ2v) is 6.34. The third-order valence-electron chi connectivity index (χ3n) is 4.42. The molecule has 0 spiro atoms. The Labute approximate surface area is 139 Å². The van der Waals surface area contributed by atoms with Crippen molar-refractivity contribution in [2.24, 2.45) is 0 Å². The van der Waals surface area contributed by atoms with Gasteiger partial charge in [0.05, 0.1) is 0 Å². The molecule has 3 N–H and O–H groups in total. The summed E-state index contributed by atoms with van der Waals surface area (Å²) in [5.41, 5.74) is 7.11. The molecule has 0 atom stereocenters. The Morgan fingerprint density at radius 3 is 1.46 bits per heavy atom. The summed E-state index contributed by atoms with van der Waals surface area (Å²) < 4.78 is 0. The van der Waals surface area contributed by atoms with Crippen LogP contribution in [-0.2, 0) is 0 Å². The van der Waals surface area contributed by atoms with Crippen molar-refractivity contribution in [3.63, 3.8) is 0 Å². The van der Waals surface area contributed by atoms with Crippen LogP contribution in [0.25, 0.3) is 24.3 Å². The van der Waals surface area contributed by atoms with Gasteiger partial charge in [-0.3, -0.25) is 0 Å². The number of H-pyrrole nitrogens is 3. The summed E-state index contributed by atoms with van der Waals surface area (Å²) in [6, 6.07) is 12.7. The van der Waals surface area contributed by atoms with Gasteiger partial charge < -0.3 is 15.0 Å². The van der Waals surface area contributed by atoms with Gasteiger partial charge in [0.25, 0.3) is 0 Å². The zero-order valence-electron chi connectivity index (χ0n) is 13.1. The Kier molecular flexibility index (Phi) is 2.85. The van der Waals surface area contributed by atoms with Crippen molar-refractivity contribution in [2.45, 2.75) is 6.42 Å². The second kappa shape index (κ2) is 5.17. The monoisotopic (exact) mass is 311 g/mol. The first-order valence-corrected chi connectivity index (χ1v) is 8.16. The molecule has 116 valence electrons. The van der Waals surface area contributed by atoms with Crippen LogP contribution in [0.3, 0.4) is 0 Å². The summed E-state index contributed by atoms with van der Waals surface area (Å²) in [4.78, 5) is 10.3. The highest BCUT2D eigenvalue weighted by Gasteiger charge is 2.07. The molecule has 0 fully saturated rings. The van der Waals surface area contributed by atoms with Crippen molar-refractivity contribution >= 4 is 24.3 Å². The van der Waals surface area contributed by atoms with Gasteiger partial charge in [-0.05, 0) is 78.3 Å². The third kappa shape index (κ3) is 2.50. The largest absolute Gasteiger partial charge is 0.355 e. The molecule has 1 aliphatic carbocycles. The molecule has 3 aromatic heterocycles. The highest BCUT2D eigenvalue weighted by Crippen LogP contribution is 2.26. The van der Waals surface area contributed by atoms with Gasteiger partial charge in [0.15, 0.2) is 0 Å². The lowest BCUT2D eigenvalue weighted by Gasteiger charge is -1.96. The van der Waals surface area contributed by atoms with E-state index in [9.17, 15) is 0 Å². The maximum atomic E-state index is 3.46. The molecule has 0 amide bonds. The van der Waals surface area contributed by atoms with Gasteiger partial charge in [-0.25, -0.2) is 0 Å². The van der Waals surface area contributed by atoms with Crippen molar-refractivity contribution in [3.05, 3.63) is 93.2 Å². The van der Waals surface area contributed by atoms with E-state index in [1.807, 2.05) is 0 Å². The van der Waals surface area contributed by atoms with E-state index in [4.69, 9.17) is 0 Å². The van der Waals surface area contributed by atoms with E-state index >= 15 is 0 Å². The maximum absolute atomic E-state index is 3.46. The number of hydrogen-bond acceptors (Lipinski definition) is 0. The van der Waals surface area contributed by atoms with Crippen LogP contribution in [0.1, 0.15) is 29.2 Å². The van der Waals surface area contributed by atoms with Crippen molar-refractivity contribution in [3.8, 4) is 0 Å². The van der Waals surface area contributed by atoms with Crippen LogP contribution in [0.5, 0.6) is 0 Å². The van der Waals surface area contributed by atoms with Gasteiger partial charge in [0.1, 0.15) is 0 Å². The summed E-state index contributed by atoms with van der Waals surface area (Å²) in [5, 5.41) is 2.17. The van der Waals surface area contributed by atoms with Crippen molar-refractivity contribution in [2.75, 3.05) is 0 Å². The molecule has 5 rings (SSSR count). The predicted octanol–water partition coefficient (Wildman–Crippen LogP) is 3.07. The summed E-state index contributed by atoms with van der Waals surface area (Å²) in [6.45, 7) is 0. The van der Waals surface area contributed by atoms with Crippen LogP contribution in [0, 0.1) is 0 Å². The van der Waals surface area contributed by atoms with E-state index in [0.29, 0.717) is 0 Å². The number of aromatic nitrogens is 3. The molecule has 3 aromatic rings. The molecule has 24 heavy (non-hydrogen) atoms. The van der Waals surface area contributed by atoms with Gasteiger partial charge in [-0.2, -0.15) is 0 Å². The van der Waals surface area contributed by atoms with Gasteiger partial charge in [-0.1, -0.05) is 12.2 Å². The minimum absolute atomic E-state index is 0.966. The van der Waals surface area contributed by atoms with Crippen LogP contribution >= 0.6 is 0 Å². The topological polar surface area (TPSA) is 47.4 Å². The summed E-state index contributed by atoms with van der Waals surface area (Å²) in [7, 11) is 0. The lowest BCUT2D eigenvalue weighted by molar-refractivity contribution is 1.24. The molecule has 0 saturated carbocycles. The molecule has 0 radical (unpaired) electrons. The summed E-state index contributed by atoms with van der Waals surface area (Å²) in [6.07, 6.45) is 14.0. The van der Waals surface area contributed by atoms with Crippen LogP contribution < -0.4 is 10.7 Å². The Morgan fingerprint density at radius 2 is 0.958 bits per heavy atom. The number of fused-ring (bicyclic) bond motifs is 8. The molecular weight excluding hydrogens is 294 g/mol. The van der Waals surface area contributed by atoms with E-state index in [1.54, 1.807) is 0 Å². The third-order valence-corrected chi connectivity index (χ3v) is 4.42. The molecule has 2 aliphatic rings. The molecule has 4 heterocycles. The molecular formula is C21H17N3. The highest BCUT2D eigenvalue weighted by molar-refractivity contribution is 5.65. The van der Waals surface area contributed by atoms with Crippen LogP contribution in [0.4, 0.5) is 0 Å². The zero-order chi connectivity index (χ0) is 15.9. The molecule has 0 saturated heterocycles. The van der Waals surface area contributed by atoms with Crippen molar-refractivity contribution < 1.29 is 0 Å². The first-order chi connectivity index (χ1) is 11.8. The van der Waals surface area contributed by atoms with Crippen molar-refractivity contribution in [1.82, 2.24) is 15.0 Å². The van der Waals surface area contributed by atoms with Crippen molar-refractivity contribution in [1.29, 1.82) is 0 Å². The van der Waals surface area contributed by atoms with E-state index < -0.39 is 0 Å². The number of allylic oxidation sites excluding steroid dienone is 4. The predicted molar refractivity (Wildman–Crippen MR) is 98.5 cm³/mol. The molecule has 0 aromatic carbocycles. The molecule has 3 nitrogen and oxygen atoms in total. The minimum Gasteiger partial charge on any atom is -0.355 e. The lowest BCUT2D eigenvalue weighted by atomic mass is 10.1. The quantitative estimate of drug-likeness (QED) is 0.571. The SMILES string of the molecule is C1=CC2=C/c3ccc([nH]3)/C=c3/cc/c([nH]3)=C/c3ccc([nH]3)/C=C/1C\2. The highest BCUT2D eigenvalue weighted by atomic mass is 14.7. The molecule has 8 bridgehead atoms. The first-order valence-electron chi connectivity index (χ1n) is 8.16. The van der Waals surface area contributed by atoms with E-state index in [0.717, 1.165) is 39.9 Å². The second-order valence-electron chi connectivity index (χ2n) is 6.34. The Hall–Kier alpha value is -3.20. The van der Waals surface area contributed by atoms with E-state index in [-0.39, 0.29) is 0 Å². The molecule has 0 unspecified atom stereocenters. The Morgan fingerprint density at radius 1 is 0.500 bits per heavy atom. The fourth-order valence-corrected chi connectivity index (χ4v) is 3.29. The average Bonchev–Trinajstić information content (AvgIpc) is 3.32. The summed E-state index contributed by atoms with van der Waals surface area (Å²) >= 11 is 0. The van der Waals surface area contributed by atoms with Gasteiger partial charge >= 0.3 is 0 Å². The molecule has 3 heteroatoms. The lowest BCUT2D eigenvalue weighted by Crippen LogP contribution is -2.09. The first kappa shape index (κ1) is 13.3. The van der Waals surface area contributed by atoms with Gasteiger partial charge in [-0.15, -0.1) is 0 Å². The zero-order valence-corrected chi connectivity index (χ0v) is 13.1. The fourth-order valence-electron chi connectivity index (χ4n) is 3.29. The van der Waals surface area contributed by atoms with E-state index in [2.05, 4.69) is 87.8 Å². The van der Waals surface area contributed by atoms with Crippen LogP contribution in [0.2, 0.25) is 0 Å². The number of aromatic amines is 3. The van der Waals surface area contributed by atoms with Gasteiger partial charge in [0.2, 0.25) is 0 Å². The molecule has 1 aliphatic heterocycles. The Balaban J connectivity index is 1.71. The minimum atomic E-state index is 0.966. The number of rotatable bonds is 0. The smallest absolute Gasteiger partial charge is 0.0405 e. The fraction of sp³-hybridized carbons (Fsp3) is 0.0476. The normalized spacial score (nSPS) is 22.7. The number of nitrogens with one attached hydrogen (secondary N) is 3. The van der Waals surface area contributed by atoms with Gasteiger partial charge in [0, 0.05) is 33.5 Å². The number of hydrogen-bond donors (Lipinski definition) is 3. The van der Waals surface area contributed by atoms with Crippen LogP contribution in [-0.4, -0.2) is 15.0 Å². The standard InChI is InChI=1S/C21H17N3/c1-2-15-9-14(1)10-16-3-5-18(22-16)12-20-7-8-21(24-20)13-19-6-4-17(11-15)23-19/h1-8,10-13,22-24H,9H2/b14-10-,15-11-,16-10?,17-11?,18-12?,19-13?,20-12-,21-13-. The summed E-state index contributed by atoms with van der Waals surface area (Å²) in [5.74, 6) is 0. The maximum Gasteiger partial charge on any atom is 0.0405 e. The Bertz CT molecular complexity index is 1040. The van der Waals surface area contributed by atoms with E-state index in [1.165, 1.54) is 11.1 Å².